The highest BCUT2D eigenvalue weighted by Gasteiger charge is 2.45. The summed E-state index contributed by atoms with van der Waals surface area (Å²) in [5, 5.41) is 10.8. The van der Waals surface area contributed by atoms with E-state index in [1.165, 1.54) is 5.57 Å². The van der Waals surface area contributed by atoms with Crippen LogP contribution in [-0.2, 0) is 0 Å². The molecule has 2 aliphatic rings. The SMILES string of the molecule is CC1=C[C@H]2c3c(O)cc(-c4ccccc4)cc3OC(C)(C)[C@@H]2CC1. The Labute approximate surface area is 143 Å². The van der Waals surface area contributed by atoms with E-state index in [2.05, 4.69) is 45.0 Å². The molecule has 1 heterocycles. The maximum Gasteiger partial charge on any atom is 0.128 e. The van der Waals surface area contributed by atoms with Crippen molar-refractivity contribution in [3.8, 4) is 22.6 Å². The van der Waals surface area contributed by atoms with Crippen molar-refractivity contribution in [3.63, 3.8) is 0 Å². The predicted octanol–water partition coefficient (Wildman–Crippen LogP) is 5.67. The van der Waals surface area contributed by atoms with Gasteiger partial charge in [-0.15, -0.1) is 0 Å². The van der Waals surface area contributed by atoms with Crippen molar-refractivity contribution in [1.82, 2.24) is 0 Å². The van der Waals surface area contributed by atoms with E-state index in [0.29, 0.717) is 11.7 Å². The van der Waals surface area contributed by atoms with E-state index in [4.69, 9.17) is 4.74 Å². The monoisotopic (exact) mass is 320 g/mol. The number of allylic oxidation sites excluding steroid dienone is 2. The molecule has 0 bridgehead atoms. The molecule has 0 fully saturated rings. The van der Waals surface area contributed by atoms with Crippen molar-refractivity contribution < 1.29 is 9.84 Å². The van der Waals surface area contributed by atoms with Crippen LogP contribution in [0.2, 0.25) is 0 Å². The topological polar surface area (TPSA) is 29.5 Å². The van der Waals surface area contributed by atoms with Gasteiger partial charge in [0.15, 0.2) is 0 Å². The Hall–Kier alpha value is -2.22. The van der Waals surface area contributed by atoms with Gasteiger partial charge in [0.1, 0.15) is 17.1 Å². The first-order chi connectivity index (χ1) is 11.5. The molecule has 2 heteroatoms. The van der Waals surface area contributed by atoms with E-state index in [1.54, 1.807) is 0 Å². The largest absolute Gasteiger partial charge is 0.507 e. The summed E-state index contributed by atoms with van der Waals surface area (Å²) < 4.78 is 6.38. The minimum absolute atomic E-state index is 0.226. The molecule has 24 heavy (non-hydrogen) atoms. The van der Waals surface area contributed by atoms with Crippen molar-refractivity contribution in [2.45, 2.75) is 45.1 Å². The number of phenols is 1. The normalized spacial score (nSPS) is 24.4. The minimum atomic E-state index is -0.226. The van der Waals surface area contributed by atoms with Gasteiger partial charge >= 0.3 is 0 Å². The summed E-state index contributed by atoms with van der Waals surface area (Å²) in [7, 11) is 0. The standard InChI is InChI=1S/C22H24O2/c1-14-9-10-18-17(11-14)21-19(23)12-16(15-7-5-4-6-8-15)13-20(21)24-22(18,2)3/h4-8,11-13,17-18,23H,9-10H2,1-3H3/t17-,18-/m1/s1. The van der Waals surface area contributed by atoms with Gasteiger partial charge in [-0.3, -0.25) is 0 Å². The Kier molecular flexibility index (Phi) is 3.45. The molecular formula is C22H24O2. The number of hydrogen-bond acceptors (Lipinski definition) is 2. The zero-order valence-electron chi connectivity index (χ0n) is 14.5. The van der Waals surface area contributed by atoms with Crippen LogP contribution in [0.1, 0.15) is 45.1 Å². The molecule has 1 aliphatic carbocycles. The smallest absolute Gasteiger partial charge is 0.128 e. The fourth-order valence-electron chi connectivity index (χ4n) is 4.32. The molecule has 4 rings (SSSR count). The van der Waals surface area contributed by atoms with Crippen molar-refractivity contribution in [1.29, 1.82) is 0 Å². The van der Waals surface area contributed by atoms with Gasteiger partial charge in [-0.25, -0.2) is 0 Å². The fourth-order valence-corrected chi connectivity index (χ4v) is 4.32. The Balaban J connectivity index is 1.88. The molecule has 2 aromatic carbocycles. The number of phenolic OH excluding ortho intramolecular Hbond substituents is 1. The van der Waals surface area contributed by atoms with Crippen LogP contribution < -0.4 is 4.74 Å². The molecule has 0 saturated carbocycles. The fraction of sp³-hybridized carbons (Fsp3) is 0.364. The lowest BCUT2D eigenvalue weighted by Gasteiger charge is -2.46. The average Bonchev–Trinajstić information content (AvgIpc) is 2.54. The van der Waals surface area contributed by atoms with Crippen molar-refractivity contribution in [2.24, 2.45) is 5.92 Å². The molecule has 0 radical (unpaired) electrons. The van der Waals surface area contributed by atoms with Gasteiger partial charge in [-0.05, 0) is 56.9 Å². The molecule has 2 atom stereocenters. The third-order valence-electron chi connectivity index (χ3n) is 5.57. The molecule has 0 spiro atoms. The minimum Gasteiger partial charge on any atom is -0.507 e. The van der Waals surface area contributed by atoms with Crippen LogP contribution in [0.25, 0.3) is 11.1 Å². The zero-order chi connectivity index (χ0) is 16.9. The van der Waals surface area contributed by atoms with Crippen molar-refractivity contribution >= 4 is 0 Å². The lowest BCUT2D eigenvalue weighted by molar-refractivity contribution is 0.0109. The van der Waals surface area contributed by atoms with Crippen molar-refractivity contribution in [2.75, 3.05) is 0 Å². The quantitative estimate of drug-likeness (QED) is 0.686. The van der Waals surface area contributed by atoms with E-state index in [0.717, 1.165) is 35.3 Å². The number of benzene rings is 2. The first kappa shape index (κ1) is 15.3. The number of fused-ring (bicyclic) bond motifs is 3. The van der Waals surface area contributed by atoms with E-state index >= 15 is 0 Å². The zero-order valence-corrected chi connectivity index (χ0v) is 14.5. The first-order valence-electron chi connectivity index (χ1n) is 8.74. The Morgan fingerprint density at radius 2 is 1.83 bits per heavy atom. The first-order valence-corrected chi connectivity index (χ1v) is 8.74. The lowest BCUT2D eigenvalue weighted by Crippen LogP contribution is -2.45. The van der Waals surface area contributed by atoms with Gasteiger partial charge in [0.2, 0.25) is 0 Å². The molecule has 0 saturated heterocycles. The van der Waals surface area contributed by atoms with Gasteiger partial charge in [0.05, 0.1) is 0 Å². The summed E-state index contributed by atoms with van der Waals surface area (Å²) >= 11 is 0. The van der Waals surface area contributed by atoms with Crippen LogP contribution in [0.4, 0.5) is 0 Å². The summed E-state index contributed by atoms with van der Waals surface area (Å²) in [6.45, 7) is 6.54. The summed E-state index contributed by atoms with van der Waals surface area (Å²) in [6, 6.07) is 14.1. The summed E-state index contributed by atoms with van der Waals surface area (Å²) in [6.07, 6.45) is 4.56. The molecule has 0 aromatic heterocycles. The number of rotatable bonds is 1. The Morgan fingerprint density at radius 1 is 1.08 bits per heavy atom. The molecule has 2 nitrogen and oxygen atoms in total. The number of hydrogen-bond donors (Lipinski definition) is 1. The maximum absolute atomic E-state index is 10.8. The van der Waals surface area contributed by atoms with Crippen LogP contribution in [0.3, 0.4) is 0 Å². The van der Waals surface area contributed by atoms with Crippen molar-refractivity contribution in [3.05, 3.63) is 59.7 Å². The lowest BCUT2D eigenvalue weighted by atomic mass is 9.68. The molecule has 1 aliphatic heterocycles. The molecule has 0 amide bonds. The third-order valence-corrected chi connectivity index (χ3v) is 5.57. The van der Waals surface area contributed by atoms with Gasteiger partial charge in [-0.1, -0.05) is 42.0 Å². The highest BCUT2D eigenvalue weighted by molar-refractivity contribution is 5.70. The molecular weight excluding hydrogens is 296 g/mol. The predicted molar refractivity (Wildman–Crippen MR) is 97.5 cm³/mol. The van der Waals surface area contributed by atoms with E-state index in [9.17, 15) is 5.11 Å². The molecule has 2 aromatic rings. The molecule has 0 unspecified atom stereocenters. The Bertz CT molecular complexity index is 802. The van der Waals surface area contributed by atoms with Crippen LogP contribution >= 0.6 is 0 Å². The second-order valence-electron chi connectivity index (χ2n) is 7.66. The number of aromatic hydroxyl groups is 1. The van der Waals surface area contributed by atoms with Crippen LogP contribution in [-0.4, -0.2) is 10.7 Å². The van der Waals surface area contributed by atoms with Crippen LogP contribution in [0, 0.1) is 5.92 Å². The second kappa shape index (κ2) is 5.41. The third kappa shape index (κ3) is 2.41. The summed E-state index contributed by atoms with van der Waals surface area (Å²) in [5.41, 5.74) is 4.23. The average molecular weight is 320 g/mol. The van der Waals surface area contributed by atoms with Gasteiger partial charge in [0.25, 0.3) is 0 Å². The Morgan fingerprint density at radius 3 is 2.58 bits per heavy atom. The highest BCUT2D eigenvalue weighted by atomic mass is 16.5. The van der Waals surface area contributed by atoms with E-state index in [1.807, 2.05) is 24.3 Å². The molecule has 124 valence electrons. The maximum atomic E-state index is 10.8. The van der Waals surface area contributed by atoms with Gasteiger partial charge in [-0.2, -0.15) is 0 Å². The van der Waals surface area contributed by atoms with Crippen LogP contribution in [0.5, 0.6) is 11.5 Å². The van der Waals surface area contributed by atoms with Crippen LogP contribution in [0.15, 0.2) is 54.1 Å². The second-order valence-corrected chi connectivity index (χ2v) is 7.66. The van der Waals surface area contributed by atoms with Gasteiger partial charge < -0.3 is 9.84 Å². The highest BCUT2D eigenvalue weighted by Crippen LogP contribution is 2.54. The summed E-state index contributed by atoms with van der Waals surface area (Å²) in [4.78, 5) is 0. The number of ether oxygens (including phenoxy) is 1. The van der Waals surface area contributed by atoms with E-state index in [-0.39, 0.29) is 11.5 Å². The van der Waals surface area contributed by atoms with E-state index < -0.39 is 0 Å². The molecule has 1 N–H and O–H groups in total. The van der Waals surface area contributed by atoms with Gasteiger partial charge in [0, 0.05) is 17.4 Å². The summed E-state index contributed by atoms with van der Waals surface area (Å²) in [5.74, 6) is 1.82.